The van der Waals surface area contributed by atoms with Gasteiger partial charge in [-0.1, -0.05) is 86.4 Å². The first kappa shape index (κ1) is 114. The van der Waals surface area contributed by atoms with Crippen molar-refractivity contribution in [3.63, 3.8) is 0 Å². The van der Waals surface area contributed by atoms with Crippen LogP contribution in [0.5, 0.6) is 0 Å². The molecule has 5 aromatic carbocycles. The summed E-state index contributed by atoms with van der Waals surface area (Å²) in [7, 11) is 7.73. The van der Waals surface area contributed by atoms with Crippen molar-refractivity contribution in [2.24, 2.45) is 0 Å². The van der Waals surface area contributed by atoms with E-state index in [1.807, 2.05) is 0 Å². The first-order valence-corrected chi connectivity index (χ1v) is 40.6. The second-order valence-corrected chi connectivity index (χ2v) is 30.4. The fourth-order valence-electron chi connectivity index (χ4n) is 13.1. The maximum Gasteiger partial charge on any atom is 0.324 e. The molecule has 0 saturated carbocycles. The summed E-state index contributed by atoms with van der Waals surface area (Å²) in [5.74, 6) is -29.2. The van der Waals surface area contributed by atoms with Gasteiger partial charge in [-0.2, -0.15) is 43.9 Å². The molecule has 7 aromatic heterocycles. The number of methoxy groups -OCH3 is 5. The van der Waals surface area contributed by atoms with E-state index in [4.69, 9.17) is 33.2 Å². The molecule has 139 heavy (non-hydrogen) atoms. The summed E-state index contributed by atoms with van der Waals surface area (Å²) in [6, 6.07) is 23.8. The number of halogens is 22. The van der Waals surface area contributed by atoms with Gasteiger partial charge in [0.2, 0.25) is 0 Å². The quantitative estimate of drug-likeness (QED) is 0.0220. The van der Waals surface area contributed by atoms with Crippen molar-refractivity contribution in [2.75, 3.05) is 88.4 Å². The third-order valence-electron chi connectivity index (χ3n) is 20.3. The standard InChI is InChI=1S/2C19H17F4N5O2.2C18H15F4NO2.C14H8BrF4NO.C4H8O.CH4.FH.Y/c2*1-30-8-2-3-13-4-7-17(24-10-13)19(22,23)18(29,11-28-12-25-26-27-28)15-6-5-14(20)9-16(15)21;2*1-24-8-2-3-12-4-7-16(23-10-12)18(21,22)17(11-25-17)14-6-5-13(19)9-15(14)20;15-8-1-4-12(20-6-8)14(18,19)13(7-21-13)10-3-2-9(16)5-11(10)17;1-3-4-5-2;;;/h2*2-7,9-10,12,29H,8,11H2,1H3;2*2-7,9-10H,8,11H2,1H3;1-6H,7H2;3H,1,4H2,2H3;1H4;1H;/b3-2+;3-2-;3-2+;3-2-;;;;;. The molecule has 23 nitrogen and oxygen atoms in total. The zero-order valence-electron chi connectivity index (χ0n) is 72.8. The Balaban J connectivity index is 0.000000233. The minimum atomic E-state index is -4.09. The van der Waals surface area contributed by atoms with E-state index in [9.17, 15) is 80.5 Å². The number of aromatic nitrogens is 13. The van der Waals surface area contributed by atoms with Crippen LogP contribution in [0.3, 0.4) is 0 Å². The zero-order valence-corrected chi connectivity index (χ0v) is 77.3. The van der Waals surface area contributed by atoms with Crippen LogP contribution >= 0.6 is 15.9 Å². The normalized spacial score (nSPS) is 16.9. The Labute approximate surface area is 814 Å². The van der Waals surface area contributed by atoms with Crippen LogP contribution in [-0.4, -0.2) is 164 Å². The largest absolute Gasteiger partial charge is 0.381 e. The maximum absolute atomic E-state index is 15.5. The van der Waals surface area contributed by atoms with Gasteiger partial charge >= 0.3 is 29.6 Å². The van der Waals surface area contributed by atoms with Gasteiger partial charge in [0.1, 0.15) is 99.3 Å². The Morgan fingerprint density at radius 1 is 0.381 bits per heavy atom. The van der Waals surface area contributed by atoms with Crippen molar-refractivity contribution >= 4 is 40.2 Å². The van der Waals surface area contributed by atoms with Crippen LogP contribution < -0.4 is 0 Å². The third kappa shape index (κ3) is 27.0. The molecule has 739 valence electrons. The Morgan fingerprint density at radius 2 is 0.640 bits per heavy atom. The minimum absolute atomic E-state index is 0. The number of hydrogen-bond donors (Lipinski definition) is 2. The summed E-state index contributed by atoms with van der Waals surface area (Å²) >= 11 is 3.10. The van der Waals surface area contributed by atoms with E-state index in [0.717, 1.165) is 113 Å². The average Bonchev–Trinajstić information content (AvgIpc) is 1.53. The Bertz CT molecular complexity index is 5770. The van der Waals surface area contributed by atoms with E-state index >= 15 is 17.6 Å². The van der Waals surface area contributed by atoms with Crippen LogP contribution in [0.25, 0.3) is 24.3 Å². The monoisotopic (exact) mass is 2110 g/mol. The van der Waals surface area contributed by atoms with Crippen LogP contribution in [0.4, 0.5) is 92.5 Å². The number of tetrazole rings is 2. The van der Waals surface area contributed by atoms with Gasteiger partial charge < -0.3 is 48.1 Å². The number of hydrogen-bond acceptors (Lipinski definition) is 21. The number of pyridine rings is 5. The van der Waals surface area contributed by atoms with Crippen LogP contribution in [-0.2, 0) is 141 Å². The van der Waals surface area contributed by atoms with Crippen molar-refractivity contribution in [1.29, 1.82) is 0 Å². The smallest absolute Gasteiger partial charge is 0.324 e. The molecule has 2 N–H and O–H groups in total. The molecule has 0 amide bonds. The van der Waals surface area contributed by atoms with Crippen molar-refractivity contribution in [1.82, 2.24) is 65.3 Å². The third-order valence-corrected chi connectivity index (χ3v) is 20.8. The molecule has 46 heteroatoms. The van der Waals surface area contributed by atoms with Crippen LogP contribution in [0.1, 0.15) is 86.0 Å². The zero-order chi connectivity index (χ0) is 99.1. The molecule has 3 aliphatic rings. The average molecular weight is 2110 g/mol. The van der Waals surface area contributed by atoms with Crippen molar-refractivity contribution in [2.45, 2.75) is 78.1 Å². The van der Waals surface area contributed by atoms with Crippen molar-refractivity contribution < 1.29 is 173 Å². The second kappa shape index (κ2) is 50.0. The summed E-state index contributed by atoms with van der Waals surface area (Å²) in [4.78, 5) is 18.7. The molecular formula is C93H85BrF21N13O10Y. The predicted octanol–water partition coefficient (Wildman–Crippen LogP) is 19.2. The Kier molecular flexibility index (Phi) is 41.1. The molecule has 5 atom stereocenters. The van der Waals surface area contributed by atoms with Crippen LogP contribution in [0, 0.1) is 58.2 Å². The van der Waals surface area contributed by atoms with Crippen LogP contribution in [0.15, 0.2) is 237 Å². The van der Waals surface area contributed by atoms with Crippen molar-refractivity contribution in [3.05, 3.63) is 373 Å². The molecule has 0 spiro atoms. The van der Waals surface area contributed by atoms with Gasteiger partial charge in [-0.3, -0.25) is 29.6 Å². The van der Waals surface area contributed by atoms with Gasteiger partial charge in [-0.05, 0) is 156 Å². The van der Waals surface area contributed by atoms with E-state index in [2.05, 4.69) is 83.2 Å². The summed E-state index contributed by atoms with van der Waals surface area (Å²) in [5.41, 5.74) is -16.6. The fourth-order valence-corrected chi connectivity index (χ4v) is 13.4. The van der Waals surface area contributed by atoms with E-state index in [1.54, 1.807) is 61.8 Å². The number of benzene rings is 5. The van der Waals surface area contributed by atoms with Crippen molar-refractivity contribution in [3.8, 4) is 0 Å². The predicted molar refractivity (Wildman–Crippen MR) is 461 cm³/mol. The first-order chi connectivity index (χ1) is 64.6. The SMILES string of the molecule is C.C=CCOC.COC/C=C/c1ccc(C(F)(F)C(O)(Cn2cnnn2)c2ccc(F)cc2F)nc1.COC/C=C/c1ccc(C(F)(F)C2(c3ccc(F)cc3F)CO2)nc1.COC/C=C\c1ccc(C(F)(F)C(O)(Cn2cnnn2)c2ccc(F)cc2F)nc1.COC/C=C\c1ccc(C(F)(F)C2(c3ccc(F)cc3F)CO2)nc1.F.Fc1ccc(C2(C(F)(F)c3ccc(Br)cn3)CO2)c(F)c1.[Y]. The summed E-state index contributed by atoms with van der Waals surface area (Å²) in [6.07, 6.45) is 23.2. The second-order valence-electron chi connectivity index (χ2n) is 29.5. The molecule has 3 saturated heterocycles. The van der Waals surface area contributed by atoms with Gasteiger partial charge in [0, 0.05) is 162 Å². The molecule has 15 rings (SSSR count). The first-order valence-electron chi connectivity index (χ1n) is 39.8. The van der Waals surface area contributed by atoms with Gasteiger partial charge in [0.05, 0.1) is 65.9 Å². The number of alkyl halides is 10. The van der Waals surface area contributed by atoms with Gasteiger partial charge in [0.25, 0.3) is 0 Å². The molecule has 5 unspecified atom stereocenters. The summed E-state index contributed by atoms with van der Waals surface area (Å²) < 4.78 is 328. The molecule has 1 radical (unpaired) electrons. The van der Waals surface area contributed by atoms with Gasteiger partial charge in [0.15, 0.2) is 28.0 Å². The number of aliphatic hydroxyl groups is 2. The van der Waals surface area contributed by atoms with E-state index in [0.29, 0.717) is 90.1 Å². The number of epoxide rings is 3. The fraction of sp³-hybridized carbons (Fsp3) is 0.280. The molecular weight excluding hydrogens is 2030 g/mol. The summed E-state index contributed by atoms with van der Waals surface area (Å²) in [6.45, 7) is 2.58. The molecule has 3 fully saturated rings. The van der Waals surface area contributed by atoms with E-state index < -0.39 is 168 Å². The molecule has 10 heterocycles. The molecule has 0 aliphatic carbocycles. The van der Waals surface area contributed by atoms with Gasteiger partial charge in [-0.15, -0.1) is 16.8 Å². The van der Waals surface area contributed by atoms with E-state index in [-0.39, 0.29) is 81.4 Å². The van der Waals surface area contributed by atoms with Crippen LogP contribution in [0.2, 0.25) is 0 Å². The number of rotatable bonds is 33. The molecule has 12 aromatic rings. The van der Waals surface area contributed by atoms with E-state index in [1.165, 1.54) is 89.8 Å². The Morgan fingerprint density at radius 3 is 0.849 bits per heavy atom. The summed E-state index contributed by atoms with van der Waals surface area (Å²) in [5, 5.41) is 42.3. The number of ether oxygens (including phenoxy) is 8. The molecule has 0 bridgehead atoms. The van der Waals surface area contributed by atoms with Gasteiger partial charge in [-0.25, -0.2) is 53.3 Å². The number of nitrogens with zero attached hydrogens (tertiary/aromatic N) is 13. The minimum Gasteiger partial charge on any atom is -0.381 e. The maximum atomic E-state index is 15.5. The Hall–Kier alpha value is -11.6. The molecule has 3 aliphatic heterocycles. The topological polar surface area (TPSA) is 276 Å².